The minimum atomic E-state index is -0.120. The number of rotatable bonds is 3. The molecule has 0 saturated carbocycles. The Morgan fingerprint density at radius 1 is 1.20 bits per heavy atom. The molecule has 0 aliphatic rings. The van der Waals surface area contributed by atoms with Crippen LogP contribution < -0.4 is 5.73 Å². The molecule has 2 rings (SSSR count). The van der Waals surface area contributed by atoms with Gasteiger partial charge < -0.3 is 5.73 Å². The van der Waals surface area contributed by atoms with Crippen LogP contribution >= 0.6 is 0 Å². The predicted octanol–water partition coefficient (Wildman–Crippen LogP) is 3.56. The molecular weight excluding hydrogens is 246 g/mol. The van der Waals surface area contributed by atoms with Crippen molar-refractivity contribution in [2.75, 3.05) is 0 Å². The molecule has 0 fully saturated rings. The van der Waals surface area contributed by atoms with E-state index in [1.807, 2.05) is 11.6 Å². The van der Waals surface area contributed by atoms with Gasteiger partial charge in [0.2, 0.25) is 0 Å². The maximum absolute atomic E-state index is 6.40. The molecule has 1 unspecified atom stereocenters. The average molecular weight is 271 g/mol. The van der Waals surface area contributed by atoms with Crippen molar-refractivity contribution < 1.29 is 0 Å². The Balaban J connectivity index is 2.31. The molecule has 0 aliphatic carbocycles. The molecule has 0 spiro atoms. The number of benzene rings is 1. The number of aryl methyl sites for hydroxylation is 2. The van der Waals surface area contributed by atoms with Crippen LogP contribution in [0.4, 0.5) is 0 Å². The second-order valence-electron chi connectivity index (χ2n) is 6.38. The van der Waals surface area contributed by atoms with Crippen LogP contribution in [0, 0.1) is 6.92 Å². The summed E-state index contributed by atoms with van der Waals surface area (Å²) in [5, 5.41) is 4.47. The average Bonchev–Trinajstić information content (AvgIpc) is 2.78. The maximum Gasteiger partial charge on any atom is 0.0723 e. The third-order valence-electron chi connectivity index (χ3n) is 3.69. The van der Waals surface area contributed by atoms with Crippen LogP contribution in [-0.2, 0) is 12.0 Å². The van der Waals surface area contributed by atoms with Gasteiger partial charge in [-0.15, -0.1) is 0 Å². The molecule has 1 aromatic heterocycles. The van der Waals surface area contributed by atoms with Gasteiger partial charge in [-0.25, -0.2) is 0 Å². The molecule has 0 radical (unpaired) electrons. The zero-order chi connectivity index (χ0) is 14.9. The summed E-state index contributed by atoms with van der Waals surface area (Å²) in [7, 11) is 0. The zero-order valence-corrected chi connectivity index (χ0v) is 13.1. The normalized spacial score (nSPS) is 13.5. The van der Waals surface area contributed by atoms with Gasteiger partial charge in [0, 0.05) is 6.54 Å². The predicted molar refractivity (Wildman–Crippen MR) is 83.8 cm³/mol. The summed E-state index contributed by atoms with van der Waals surface area (Å²) in [6.45, 7) is 11.6. The standard InChI is InChI=1S/C17H25N3/c1-6-20-15(11-12(2)19-20)16(18)13-7-9-14(10-8-13)17(3,4)5/h7-11,16H,6,18H2,1-5H3. The molecule has 3 nitrogen and oxygen atoms in total. The first-order valence-corrected chi connectivity index (χ1v) is 7.23. The molecule has 0 bridgehead atoms. The van der Waals surface area contributed by atoms with Gasteiger partial charge in [0.15, 0.2) is 0 Å². The molecule has 1 heterocycles. The van der Waals surface area contributed by atoms with E-state index in [2.05, 4.69) is 63.1 Å². The van der Waals surface area contributed by atoms with Gasteiger partial charge in [-0.05, 0) is 36.5 Å². The van der Waals surface area contributed by atoms with Crippen LogP contribution in [0.3, 0.4) is 0 Å². The topological polar surface area (TPSA) is 43.8 Å². The number of hydrogen-bond donors (Lipinski definition) is 1. The fourth-order valence-corrected chi connectivity index (χ4v) is 2.43. The molecule has 0 saturated heterocycles. The van der Waals surface area contributed by atoms with E-state index in [4.69, 9.17) is 5.73 Å². The van der Waals surface area contributed by atoms with Crippen molar-refractivity contribution in [3.8, 4) is 0 Å². The van der Waals surface area contributed by atoms with E-state index in [-0.39, 0.29) is 11.5 Å². The van der Waals surface area contributed by atoms with Crippen LogP contribution in [-0.4, -0.2) is 9.78 Å². The van der Waals surface area contributed by atoms with Crippen molar-refractivity contribution in [3.05, 3.63) is 52.8 Å². The summed E-state index contributed by atoms with van der Waals surface area (Å²) in [5.74, 6) is 0. The maximum atomic E-state index is 6.40. The lowest BCUT2D eigenvalue weighted by Crippen LogP contribution is -2.18. The molecule has 3 heteroatoms. The lowest BCUT2D eigenvalue weighted by molar-refractivity contribution is 0.587. The first-order chi connectivity index (χ1) is 9.32. The minimum Gasteiger partial charge on any atom is -0.319 e. The molecule has 20 heavy (non-hydrogen) atoms. The largest absolute Gasteiger partial charge is 0.319 e. The second-order valence-corrected chi connectivity index (χ2v) is 6.38. The highest BCUT2D eigenvalue weighted by Gasteiger charge is 2.17. The van der Waals surface area contributed by atoms with Crippen LogP contribution in [0.2, 0.25) is 0 Å². The molecular formula is C17H25N3. The molecule has 2 aromatic rings. The van der Waals surface area contributed by atoms with Crippen LogP contribution in [0.15, 0.2) is 30.3 Å². The van der Waals surface area contributed by atoms with Crippen molar-refractivity contribution in [2.24, 2.45) is 5.73 Å². The summed E-state index contributed by atoms with van der Waals surface area (Å²) >= 11 is 0. The van der Waals surface area contributed by atoms with Crippen LogP contribution in [0.1, 0.15) is 56.3 Å². The summed E-state index contributed by atoms with van der Waals surface area (Å²) in [6, 6.07) is 10.6. The Labute approximate surface area is 121 Å². The number of hydrogen-bond acceptors (Lipinski definition) is 2. The lowest BCUT2D eigenvalue weighted by atomic mass is 9.86. The van der Waals surface area contributed by atoms with Gasteiger partial charge in [0.25, 0.3) is 0 Å². The Kier molecular flexibility index (Phi) is 4.00. The lowest BCUT2D eigenvalue weighted by Gasteiger charge is -2.20. The molecule has 1 aromatic carbocycles. The van der Waals surface area contributed by atoms with Crippen molar-refractivity contribution in [2.45, 2.75) is 52.6 Å². The Hall–Kier alpha value is -1.61. The Morgan fingerprint density at radius 2 is 1.80 bits per heavy atom. The molecule has 2 N–H and O–H groups in total. The molecule has 0 aliphatic heterocycles. The highest BCUT2D eigenvalue weighted by Crippen LogP contribution is 2.26. The van der Waals surface area contributed by atoms with E-state index in [1.165, 1.54) is 5.56 Å². The van der Waals surface area contributed by atoms with E-state index < -0.39 is 0 Å². The quantitative estimate of drug-likeness (QED) is 0.927. The van der Waals surface area contributed by atoms with E-state index in [1.54, 1.807) is 0 Å². The van der Waals surface area contributed by atoms with Gasteiger partial charge in [0.1, 0.15) is 0 Å². The fourth-order valence-electron chi connectivity index (χ4n) is 2.43. The van der Waals surface area contributed by atoms with Gasteiger partial charge in [-0.3, -0.25) is 4.68 Å². The third-order valence-corrected chi connectivity index (χ3v) is 3.69. The minimum absolute atomic E-state index is 0.120. The van der Waals surface area contributed by atoms with Crippen molar-refractivity contribution >= 4 is 0 Å². The molecule has 0 amide bonds. The van der Waals surface area contributed by atoms with Crippen molar-refractivity contribution in [3.63, 3.8) is 0 Å². The Morgan fingerprint density at radius 3 is 2.30 bits per heavy atom. The second kappa shape index (κ2) is 5.41. The summed E-state index contributed by atoms with van der Waals surface area (Å²) < 4.78 is 1.98. The SMILES string of the molecule is CCn1nc(C)cc1C(N)c1ccc(C(C)(C)C)cc1. The van der Waals surface area contributed by atoms with Gasteiger partial charge in [-0.2, -0.15) is 5.10 Å². The smallest absolute Gasteiger partial charge is 0.0723 e. The van der Waals surface area contributed by atoms with Gasteiger partial charge in [0.05, 0.1) is 17.4 Å². The highest BCUT2D eigenvalue weighted by molar-refractivity contribution is 5.33. The first kappa shape index (κ1) is 14.8. The number of aromatic nitrogens is 2. The van der Waals surface area contributed by atoms with Gasteiger partial charge in [-0.1, -0.05) is 45.0 Å². The molecule has 1 atom stereocenters. The number of nitrogens with zero attached hydrogens (tertiary/aromatic N) is 2. The van der Waals surface area contributed by atoms with E-state index >= 15 is 0 Å². The third kappa shape index (κ3) is 2.93. The van der Waals surface area contributed by atoms with E-state index in [0.29, 0.717) is 0 Å². The molecule has 108 valence electrons. The van der Waals surface area contributed by atoms with Gasteiger partial charge >= 0.3 is 0 Å². The van der Waals surface area contributed by atoms with Crippen molar-refractivity contribution in [1.82, 2.24) is 9.78 Å². The first-order valence-electron chi connectivity index (χ1n) is 7.23. The Bertz CT molecular complexity index is 573. The zero-order valence-electron chi connectivity index (χ0n) is 13.1. The summed E-state index contributed by atoms with van der Waals surface area (Å²) in [5.41, 5.74) is 11.1. The monoisotopic (exact) mass is 271 g/mol. The fraction of sp³-hybridized carbons (Fsp3) is 0.471. The van der Waals surface area contributed by atoms with Crippen molar-refractivity contribution in [1.29, 1.82) is 0 Å². The van der Waals surface area contributed by atoms with Crippen LogP contribution in [0.25, 0.3) is 0 Å². The van der Waals surface area contributed by atoms with Crippen LogP contribution in [0.5, 0.6) is 0 Å². The number of nitrogens with two attached hydrogens (primary N) is 1. The summed E-state index contributed by atoms with van der Waals surface area (Å²) in [6.07, 6.45) is 0. The summed E-state index contributed by atoms with van der Waals surface area (Å²) in [4.78, 5) is 0. The van der Waals surface area contributed by atoms with E-state index in [9.17, 15) is 0 Å². The highest BCUT2D eigenvalue weighted by atomic mass is 15.3. The van der Waals surface area contributed by atoms with E-state index in [0.717, 1.165) is 23.5 Å².